The van der Waals surface area contributed by atoms with Crippen molar-refractivity contribution in [3.63, 3.8) is 0 Å². The Morgan fingerprint density at radius 3 is 2.79 bits per heavy atom. The van der Waals surface area contributed by atoms with E-state index >= 15 is 0 Å². The molecule has 34 heavy (non-hydrogen) atoms. The minimum atomic E-state index is -0.224. The van der Waals surface area contributed by atoms with Crippen LogP contribution in [0.25, 0.3) is 11.7 Å². The molecule has 1 aliphatic heterocycles. The molecule has 0 atom stereocenters. The SMILES string of the molecule is Cc1cccn2c(=O)c(/C=C3/SC(=S)N(CCC(C)C)C3=O)c(NCCCn3ccnc3)nc12. The lowest BCUT2D eigenvalue weighted by molar-refractivity contribution is -0.122. The van der Waals surface area contributed by atoms with Gasteiger partial charge in [0.05, 0.1) is 16.8 Å². The number of thioether (sulfide) groups is 1. The van der Waals surface area contributed by atoms with E-state index in [-0.39, 0.29) is 11.5 Å². The fraction of sp³-hybridized carbons (Fsp3) is 0.375. The second-order valence-electron chi connectivity index (χ2n) is 8.66. The second-order valence-corrected chi connectivity index (χ2v) is 10.3. The third-order valence-electron chi connectivity index (χ3n) is 5.61. The van der Waals surface area contributed by atoms with E-state index in [1.807, 2.05) is 29.8 Å². The van der Waals surface area contributed by atoms with Crippen LogP contribution in [0.5, 0.6) is 0 Å². The number of hydrogen-bond acceptors (Lipinski definition) is 7. The van der Waals surface area contributed by atoms with Gasteiger partial charge < -0.3 is 9.88 Å². The number of imidazole rings is 1. The van der Waals surface area contributed by atoms with Crippen LogP contribution in [0.3, 0.4) is 0 Å². The average Bonchev–Trinajstić information content (AvgIpc) is 3.41. The molecule has 10 heteroatoms. The fourth-order valence-electron chi connectivity index (χ4n) is 3.68. The third-order valence-corrected chi connectivity index (χ3v) is 6.99. The lowest BCUT2D eigenvalue weighted by atomic mass is 10.1. The van der Waals surface area contributed by atoms with Crippen molar-refractivity contribution in [2.45, 2.75) is 40.2 Å². The van der Waals surface area contributed by atoms with E-state index in [0.717, 1.165) is 24.9 Å². The summed E-state index contributed by atoms with van der Waals surface area (Å²) in [7, 11) is 0. The van der Waals surface area contributed by atoms with Crippen molar-refractivity contribution >= 4 is 51.7 Å². The minimum absolute atomic E-state index is 0.157. The molecule has 1 saturated heterocycles. The van der Waals surface area contributed by atoms with E-state index < -0.39 is 0 Å². The Kier molecular flexibility index (Phi) is 7.47. The van der Waals surface area contributed by atoms with Crippen LogP contribution in [-0.4, -0.2) is 47.2 Å². The number of carbonyl (C=O) groups is 1. The topological polar surface area (TPSA) is 84.5 Å². The van der Waals surface area contributed by atoms with Crippen LogP contribution in [0, 0.1) is 12.8 Å². The zero-order valence-corrected chi connectivity index (χ0v) is 21.2. The van der Waals surface area contributed by atoms with Crippen LogP contribution >= 0.6 is 24.0 Å². The van der Waals surface area contributed by atoms with E-state index in [4.69, 9.17) is 17.2 Å². The Bertz CT molecular complexity index is 1300. The highest BCUT2D eigenvalue weighted by atomic mass is 32.2. The summed E-state index contributed by atoms with van der Waals surface area (Å²) in [6.45, 7) is 8.13. The molecule has 1 aliphatic rings. The molecule has 0 aliphatic carbocycles. The van der Waals surface area contributed by atoms with E-state index in [0.29, 0.717) is 45.3 Å². The van der Waals surface area contributed by atoms with E-state index in [1.54, 1.807) is 29.7 Å². The smallest absolute Gasteiger partial charge is 0.267 e. The first-order chi connectivity index (χ1) is 16.3. The molecular formula is C24H28N6O2S2. The molecule has 178 valence electrons. The van der Waals surface area contributed by atoms with Crippen molar-refractivity contribution in [3.05, 3.63) is 63.4 Å². The molecule has 0 unspecified atom stereocenters. The zero-order valence-electron chi connectivity index (χ0n) is 19.5. The van der Waals surface area contributed by atoms with Gasteiger partial charge in [0.25, 0.3) is 11.5 Å². The predicted molar refractivity (Wildman–Crippen MR) is 141 cm³/mol. The lowest BCUT2D eigenvalue weighted by Gasteiger charge is -2.15. The Labute approximate surface area is 208 Å². The molecule has 1 N–H and O–H groups in total. The van der Waals surface area contributed by atoms with Gasteiger partial charge in [0.1, 0.15) is 15.8 Å². The Hall–Kier alpha value is -2.98. The summed E-state index contributed by atoms with van der Waals surface area (Å²) >= 11 is 6.69. The highest BCUT2D eigenvalue weighted by Crippen LogP contribution is 2.33. The molecule has 0 radical (unpaired) electrons. The summed E-state index contributed by atoms with van der Waals surface area (Å²) in [5.41, 5.74) is 1.62. The lowest BCUT2D eigenvalue weighted by Crippen LogP contribution is -2.29. The molecule has 0 bridgehead atoms. The normalized spacial score (nSPS) is 15.3. The molecule has 8 nitrogen and oxygen atoms in total. The van der Waals surface area contributed by atoms with Crippen molar-refractivity contribution in [2.24, 2.45) is 5.92 Å². The standard InChI is InChI=1S/C24H28N6O2S2/c1-16(2)7-12-30-23(32)19(34-24(30)33)14-18-20(26-8-5-10-28-13-9-25-15-28)27-21-17(3)6-4-11-29(21)22(18)31/h4,6,9,11,13-16,26H,5,7-8,10,12H2,1-3H3/b19-14+. The first kappa shape index (κ1) is 24.2. The van der Waals surface area contributed by atoms with Crippen LogP contribution in [-0.2, 0) is 11.3 Å². The monoisotopic (exact) mass is 496 g/mol. The first-order valence-electron chi connectivity index (χ1n) is 11.3. The average molecular weight is 497 g/mol. The molecule has 0 saturated carbocycles. The van der Waals surface area contributed by atoms with Crippen molar-refractivity contribution < 1.29 is 4.79 Å². The summed E-state index contributed by atoms with van der Waals surface area (Å²) in [5, 5.41) is 3.32. The number of thiocarbonyl (C=S) groups is 1. The van der Waals surface area contributed by atoms with Gasteiger partial charge in [0.15, 0.2) is 0 Å². The fourth-order valence-corrected chi connectivity index (χ4v) is 4.97. The molecule has 4 rings (SSSR count). The molecular weight excluding hydrogens is 468 g/mol. The van der Waals surface area contributed by atoms with Crippen LogP contribution in [0.4, 0.5) is 5.82 Å². The number of anilines is 1. The van der Waals surface area contributed by atoms with Gasteiger partial charge in [0, 0.05) is 38.2 Å². The van der Waals surface area contributed by atoms with E-state index in [2.05, 4.69) is 24.1 Å². The Morgan fingerprint density at radius 2 is 2.06 bits per heavy atom. The van der Waals surface area contributed by atoms with Crippen molar-refractivity contribution in [1.29, 1.82) is 0 Å². The molecule has 3 aromatic rings. The number of aryl methyl sites for hydroxylation is 2. The number of pyridine rings is 1. The molecule has 3 aromatic heterocycles. The van der Waals surface area contributed by atoms with E-state index in [1.165, 1.54) is 16.2 Å². The summed E-state index contributed by atoms with van der Waals surface area (Å²) < 4.78 is 4.05. The molecule has 1 fully saturated rings. The van der Waals surface area contributed by atoms with Crippen molar-refractivity contribution in [1.82, 2.24) is 23.8 Å². The highest BCUT2D eigenvalue weighted by molar-refractivity contribution is 8.26. The molecule has 4 heterocycles. The quantitative estimate of drug-likeness (QED) is 0.273. The summed E-state index contributed by atoms with van der Waals surface area (Å²) in [5.74, 6) is 0.775. The van der Waals surface area contributed by atoms with Crippen molar-refractivity contribution in [3.8, 4) is 0 Å². The van der Waals surface area contributed by atoms with Gasteiger partial charge >= 0.3 is 0 Å². The predicted octanol–water partition coefficient (Wildman–Crippen LogP) is 3.95. The van der Waals surface area contributed by atoms with Gasteiger partial charge in [-0.1, -0.05) is 43.9 Å². The Morgan fingerprint density at radius 1 is 1.24 bits per heavy atom. The van der Waals surface area contributed by atoms with Gasteiger partial charge in [-0.05, 0) is 43.4 Å². The largest absolute Gasteiger partial charge is 0.369 e. The molecule has 1 amide bonds. The number of rotatable bonds is 9. The summed E-state index contributed by atoms with van der Waals surface area (Å²) in [4.78, 5) is 37.4. The maximum atomic E-state index is 13.5. The van der Waals surface area contributed by atoms with Crippen LogP contribution in [0.15, 0.2) is 46.8 Å². The van der Waals surface area contributed by atoms with Crippen LogP contribution < -0.4 is 10.9 Å². The zero-order chi connectivity index (χ0) is 24.2. The first-order valence-corrected chi connectivity index (χ1v) is 12.5. The van der Waals surface area contributed by atoms with Gasteiger partial charge in [-0.3, -0.25) is 18.9 Å². The van der Waals surface area contributed by atoms with Crippen LogP contribution in [0.1, 0.15) is 37.8 Å². The number of hydrogen-bond donors (Lipinski definition) is 1. The summed E-state index contributed by atoms with van der Waals surface area (Å²) in [6.07, 6.45) is 10.5. The number of nitrogens with one attached hydrogen (secondary N) is 1. The van der Waals surface area contributed by atoms with Gasteiger partial charge in [-0.15, -0.1) is 0 Å². The van der Waals surface area contributed by atoms with Gasteiger partial charge in [-0.2, -0.15) is 0 Å². The van der Waals surface area contributed by atoms with Gasteiger partial charge in [0.2, 0.25) is 0 Å². The third kappa shape index (κ3) is 5.23. The van der Waals surface area contributed by atoms with Crippen molar-refractivity contribution in [2.75, 3.05) is 18.4 Å². The van der Waals surface area contributed by atoms with E-state index in [9.17, 15) is 9.59 Å². The number of carbonyl (C=O) groups excluding carboxylic acids is 1. The number of aromatic nitrogens is 4. The number of nitrogens with zero attached hydrogens (tertiary/aromatic N) is 5. The molecule has 0 aromatic carbocycles. The minimum Gasteiger partial charge on any atom is -0.369 e. The highest BCUT2D eigenvalue weighted by Gasteiger charge is 2.32. The second kappa shape index (κ2) is 10.5. The number of amides is 1. The maximum absolute atomic E-state index is 13.5. The summed E-state index contributed by atoms with van der Waals surface area (Å²) in [6, 6.07) is 3.74. The number of fused-ring (bicyclic) bond motifs is 1. The van der Waals surface area contributed by atoms with Gasteiger partial charge in [-0.25, -0.2) is 9.97 Å². The Balaban J connectivity index is 1.65. The van der Waals surface area contributed by atoms with Crippen LogP contribution in [0.2, 0.25) is 0 Å². The molecule has 0 spiro atoms. The maximum Gasteiger partial charge on any atom is 0.267 e.